The van der Waals surface area contributed by atoms with Crippen molar-refractivity contribution in [3.05, 3.63) is 21.4 Å². The van der Waals surface area contributed by atoms with Crippen molar-refractivity contribution in [1.29, 1.82) is 0 Å². The SMILES string of the molecule is COC(=O)c1c(I)ccnc1NC(C)O. The fraction of sp³-hybridized carbons (Fsp3) is 0.333. The van der Waals surface area contributed by atoms with Crippen molar-refractivity contribution >= 4 is 34.4 Å². The van der Waals surface area contributed by atoms with Crippen molar-refractivity contribution < 1.29 is 14.6 Å². The Morgan fingerprint density at radius 1 is 1.73 bits per heavy atom. The van der Waals surface area contributed by atoms with Gasteiger partial charge in [0.2, 0.25) is 0 Å². The normalized spacial score (nSPS) is 12.0. The maximum atomic E-state index is 11.4. The number of nitrogens with one attached hydrogen (secondary N) is 1. The number of aromatic nitrogens is 1. The van der Waals surface area contributed by atoms with Gasteiger partial charge in [0.15, 0.2) is 0 Å². The molecule has 1 rings (SSSR count). The number of pyridine rings is 1. The van der Waals surface area contributed by atoms with Crippen LogP contribution in [0.15, 0.2) is 12.3 Å². The molecular weight excluding hydrogens is 311 g/mol. The Morgan fingerprint density at radius 2 is 2.40 bits per heavy atom. The van der Waals surface area contributed by atoms with Crippen LogP contribution in [0, 0.1) is 3.57 Å². The second-order valence-corrected chi connectivity index (χ2v) is 3.99. The Kier molecular flexibility index (Phi) is 4.28. The second-order valence-electron chi connectivity index (χ2n) is 2.83. The summed E-state index contributed by atoms with van der Waals surface area (Å²) in [4.78, 5) is 15.4. The number of ether oxygens (including phenoxy) is 1. The molecule has 0 aromatic carbocycles. The molecule has 1 aromatic heterocycles. The predicted molar refractivity (Wildman–Crippen MR) is 63.6 cm³/mol. The van der Waals surface area contributed by atoms with Crippen molar-refractivity contribution in [1.82, 2.24) is 4.98 Å². The zero-order valence-electron chi connectivity index (χ0n) is 8.32. The molecule has 1 heterocycles. The monoisotopic (exact) mass is 322 g/mol. The number of aliphatic hydroxyl groups excluding tert-OH is 1. The number of anilines is 1. The van der Waals surface area contributed by atoms with Crippen LogP contribution in [-0.4, -0.2) is 29.4 Å². The summed E-state index contributed by atoms with van der Waals surface area (Å²) in [7, 11) is 1.30. The van der Waals surface area contributed by atoms with Crippen molar-refractivity contribution in [3.8, 4) is 0 Å². The Labute approximate surface area is 101 Å². The number of carbonyl (C=O) groups is 1. The molecule has 1 unspecified atom stereocenters. The first-order chi connectivity index (χ1) is 7.06. The van der Waals surface area contributed by atoms with Gasteiger partial charge in [-0.1, -0.05) is 0 Å². The predicted octanol–water partition coefficient (Wildman–Crippen LogP) is 1.22. The summed E-state index contributed by atoms with van der Waals surface area (Å²) in [6.45, 7) is 1.54. The molecule has 1 atom stereocenters. The maximum absolute atomic E-state index is 11.4. The summed E-state index contributed by atoms with van der Waals surface area (Å²) in [5, 5.41) is 11.8. The van der Waals surface area contributed by atoms with Crippen LogP contribution in [0.2, 0.25) is 0 Å². The molecule has 0 saturated carbocycles. The zero-order valence-corrected chi connectivity index (χ0v) is 10.5. The third-order valence-electron chi connectivity index (χ3n) is 1.64. The molecular formula is C9H11IN2O3. The second kappa shape index (κ2) is 5.26. The van der Waals surface area contributed by atoms with E-state index >= 15 is 0 Å². The summed E-state index contributed by atoms with van der Waals surface area (Å²) in [5.74, 6) is -0.153. The first-order valence-electron chi connectivity index (χ1n) is 4.23. The van der Waals surface area contributed by atoms with E-state index in [1.165, 1.54) is 7.11 Å². The third kappa shape index (κ3) is 3.03. The molecule has 0 aliphatic heterocycles. The van der Waals surface area contributed by atoms with Crippen molar-refractivity contribution in [2.75, 3.05) is 12.4 Å². The van der Waals surface area contributed by atoms with E-state index < -0.39 is 12.2 Å². The molecule has 5 nitrogen and oxygen atoms in total. The molecule has 0 aliphatic carbocycles. The van der Waals surface area contributed by atoms with Crippen molar-refractivity contribution in [2.24, 2.45) is 0 Å². The molecule has 1 aromatic rings. The molecule has 0 amide bonds. The van der Waals surface area contributed by atoms with Gasteiger partial charge in [-0.15, -0.1) is 0 Å². The van der Waals surface area contributed by atoms with Crippen LogP contribution < -0.4 is 5.32 Å². The van der Waals surface area contributed by atoms with Crippen LogP contribution in [0.4, 0.5) is 5.82 Å². The van der Waals surface area contributed by atoms with E-state index in [-0.39, 0.29) is 0 Å². The molecule has 0 saturated heterocycles. The van der Waals surface area contributed by atoms with Crippen LogP contribution in [-0.2, 0) is 4.74 Å². The van der Waals surface area contributed by atoms with E-state index in [4.69, 9.17) is 5.11 Å². The Bertz CT molecular complexity index is 368. The number of nitrogens with zero attached hydrogens (tertiary/aromatic N) is 1. The van der Waals surface area contributed by atoms with Gasteiger partial charge in [-0.3, -0.25) is 0 Å². The molecule has 0 bridgehead atoms. The van der Waals surface area contributed by atoms with Crippen molar-refractivity contribution in [2.45, 2.75) is 13.2 Å². The minimum atomic E-state index is -0.779. The molecule has 0 radical (unpaired) electrons. The summed E-state index contributed by atoms with van der Waals surface area (Å²) in [6, 6.07) is 1.69. The molecule has 6 heteroatoms. The number of hydrogen-bond donors (Lipinski definition) is 2. The van der Waals surface area contributed by atoms with E-state index in [0.717, 1.165) is 3.57 Å². The van der Waals surface area contributed by atoms with Gasteiger partial charge in [0, 0.05) is 9.77 Å². The topological polar surface area (TPSA) is 71.5 Å². The Hall–Kier alpha value is -0.890. The number of hydrogen-bond acceptors (Lipinski definition) is 5. The van der Waals surface area contributed by atoms with Crippen LogP contribution in [0.3, 0.4) is 0 Å². The van der Waals surface area contributed by atoms with E-state index in [0.29, 0.717) is 11.4 Å². The number of methoxy groups -OCH3 is 1. The number of carbonyl (C=O) groups excluding carboxylic acids is 1. The van der Waals surface area contributed by atoms with Gasteiger partial charge in [0.1, 0.15) is 17.6 Å². The van der Waals surface area contributed by atoms with Crippen LogP contribution >= 0.6 is 22.6 Å². The lowest BCUT2D eigenvalue weighted by molar-refractivity contribution is 0.0600. The zero-order chi connectivity index (χ0) is 11.4. The number of rotatable bonds is 3. The van der Waals surface area contributed by atoms with E-state index in [1.54, 1.807) is 19.2 Å². The number of esters is 1. The highest BCUT2D eigenvalue weighted by molar-refractivity contribution is 14.1. The highest BCUT2D eigenvalue weighted by atomic mass is 127. The summed E-state index contributed by atoms with van der Waals surface area (Å²) >= 11 is 2.01. The Balaban J connectivity index is 3.14. The van der Waals surface area contributed by atoms with Gasteiger partial charge >= 0.3 is 5.97 Å². The number of halogens is 1. The van der Waals surface area contributed by atoms with Crippen LogP contribution in [0.25, 0.3) is 0 Å². The van der Waals surface area contributed by atoms with Crippen LogP contribution in [0.1, 0.15) is 17.3 Å². The number of aliphatic hydroxyl groups is 1. The lowest BCUT2D eigenvalue weighted by Gasteiger charge is -2.12. The minimum absolute atomic E-state index is 0.323. The molecule has 2 N–H and O–H groups in total. The fourth-order valence-electron chi connectivity index (χ4n) is 1.04. The maximum Gasteiger partial charge on any atom is 0.342 e. The van der Waals surface area contributed by atoms with Gasteiger partial charge in [-0.2, -0.15) is 0 Å². The first-order valence-corrected chi connectivity index (χ1v) is 5.31. The van der Waals surface area contributed by atoms with Gasteiger partial charge in [0.05, 0.1) is 7.11 Å². The van der Waals surface area contributed by atoms with Crippen molar-refractivity contribution in [3.63, 3.8) is 0 Å². The summed E-state index contributed by atoms with van der Waals surface area (Å²) in [5.41, 5.74) is 0.335. The third-order valence-corrected chi connectivity index (χ3v) is 2.53. The van der Waals surface area contributed by atoms with Gasteiger partial charge in [0.25, 0.3) is 0 Å². The van der Waals surface area contributed by atoms with Gasteiger partial charge in [-0.25, -0.2) is 9.78 Å². The highest BCUT2D eigenvalue weighted by Crippen LogP contribution is 2.20. The van der Waals surface area contributed by atoms with Crippen LogP contribution in [0.5, 0.6) is 0 Å². The fourth-order valence-corrected chi connectivity index (χ4v) is 1.68. The smallest absolute Gasteiger partial charge is 0.342 e. The Morgan fingerprint density at radius 3 is 2.93 bits per heavy atom. The standard InChI is InChI=1S/C9H11IN2O3/c1-5(13)12-8-7(9(14)15-2)6(10)3-4-11-8/h3-5,13H,1-2H3,(H,11,12). The minimum Gasteiger partial charge on any atom is -0.465 e. The van der Waals surface area contributed by atoms with E-state index in [9.17, 15) is 4.79 Å². The highest BCUT2D eigenvalue weighted by Gasteiger charge is 2.17. The largest absolute Gasteiger partial charge is 0.465 e. The molecule has 82 valence electrons. The van der Waals surface area contributed by atoms with E-state index in [1.807, 2.05) is 22.6 Å². The molecule has 0 fully saturated rings. The lowest BCUT2D eigenvalue weighted by atomic mass is 10.2. The summed E-state index contributed by atoms with van der Waals surface area (Å²) in [6.07, 6.45) is 0.776. The summed E-state index contributed by atoms with van der Waals surface area (Å²) < 4.78 is 5.35. The first kappa shape index (κ1) is 12.2. The molecule has 0 spiro atoms. The van der Waals surface area contributed by atoms with Gasteiger partial charge < -0.3 is 15.2 Å². The average molecular weight is 322 g/mol. The quantitative estimate of drug-likeness (QED) is 0.497. The molecule has 15 heavy (non-hydrogen) atoms. The van der Waals surface area contributed by atoms with Gasteiger partial charge in [-0.05, 0) is 35.6 Å². The average Bonchev–Trinajstić information content (AvgIpc) is 2.16. The van der Waals surface area contributed by atoms with E-state index in [2.05, 4.69) is 15.0 Å². The molecule has 0 aliphatic rings. The lowest BCUT2D eigenvalue weighted by Crippen LogP contribution is -2.18.